The van der Waals surface area contributed by atoms with E-state index in [1.54, 1.807) is 6.07 Å². The maximum absolute atomic E-state index is 12.8. The van der Waals surface area contributed by atoms with Gasteiger partial charge in [0.05, 0.1) is 11.1 Å². The van der Waals surface area contributed by atoms with E-state index in [9.17, 15) is 9.50 Å². The van der Waals surface area contributed by atoms with Gasteiger partial charge in [-0.1, -0.05) is 17.7 Å². The number of aliphatic hydroxyl groups is 1. The molecule has 0 aromatic heterocycles. The Morgan fingerprint density at radius 1 is 1.50 bits per heavy atom. The fraction of sp³-hybridized carbons (Fsp3) is 0.400. The van der Waals surface area contributed by atoms with Gasteiger partial charge in [0.25, 0.3) is 0 Å². The van der Waals surface area contributed by atoms with Crippen LogP contribution in [0, 0.1) is 5.82 Å². The topological polar surface area (TPSA) is 46.2 Å². The van der Waals surface area contributed by atoms with Gasteiger partial charge in [-0.25, -0.2) is 4.39 Å². The fourth-order valence-corrected chi connectivity index (χ4v) is 1.44. The van der Waals surface area contributed by atoms with E-state index in [-0.39, 0.29) is 5.02 Å². The van der Waals surface area contributed by atoms with E-state index >= 15 is 0 Å². The standard InChI is InChI=1S/C10H13ClFNO/c11-9-6-7(1-2-10(9)12)5-8(14)3-4-13/h1-2,6,8,14H,3-5,13H2. The van der Waals surface area contributed by atoms with Crippen molar-refractivity contribution in [3.05, 3.63) is 34.6 Å². The summed E-state index contributed by atoms with van der Waals surface area (Å²) in [5.41, 5.74) is 6.11. The van der Waals surface area contributed by atoms with Gasteiger partial charge in [-0.15, -0.1) is 0 Å². The van der Waals surface area contributed by atoms with Gasteiger partial charge in [0.1, 0.15) is 5.82 Å². The van der Waals surface area contributed by atoms with Gasteiger partial charge >= 0.3 is 0 Å². The molecule has 0 heterocycles. The minimum atomic E-state index is -0.485. The van der Waals surface area contributed by atoms with Crippen LogP contribution >= 0.6 is 11.6 Å². The first kappa shape index (κ1) is 11.4. The van der Waals surface area contributed by atoms with Gasteiger partial charge in [-0.2, -0.15) is 0 Å². The molecule has 2 nitrogen and oxygen atoms in total. The van der Waals surface area contributed by atoms with Crippen molar-refractivity contribution in [1.82, 2.24) is 0 Å². The number of halogens is 2. The first-order chi connectivity index (χ1) is 6.63. The number of nitrogens with two attached hydrogens (primary N) is 1. The molecule has 0 spiro atoms. The number of hydrogen-bond donors (Lipinski definition) is 2. The monoisotopic (exact) mass is 217 g/mol. The van der Waals surface area contributed by atoms with Crippen molar-refractivity contribution in [3.8, 4) is 0 Å². The Bertz CT molecular complexity index is 306. The highest BCUT2D eigenvalue weighted by atomic mass is 35.5. The van der Waals surface area contributed by atoms with Crippen LogP contribution in [-0.4, -0.2) is 17.8 Å². The molecule has 3 N–H and O–H groups in total. The summed E-state index contributed by atoms with van der Waals surface area (Å²) in [5, 5.41) is 9.53. The maximum Gasteiger partial charge on any atom is 0.141 e. The van der Waals surface area contributed by atoms with Crippen LogP contribution in [0.25, 0.3) is 0 Å². The van der Waals surface area contributed by atoms with Crippen molar-refractivity contribution in [3.63, 3.8) is 0 Å². The molecule has 14 heavy (non-hydrogen) atoms. The summed E-state index contributed by atoms with van der Waals surface area (Å²) in [6, 6.07) is 4.43. The van der Waals surface area contributed by atoms with Crippen molar-refractivity contribution in [2.24, 2.45) is 5.73 Å². The lowest BCUT2D eigenvalue weighted by Crippen LogP contribution is -2.15. The predicted octanol–water partition coefficient (Wildman–Crippen LogP) is 1.73. The molecule has 1 unspecified atom stereocenters. The van der Waals surface area contributed by atoms with Gasteiger partial charge in [0.2, 0.25) is 0 Å². The van der Waals surface area contributed by atoms with E-state index in [2.05, 4.69) is 0 Å². The molecule has 0 bridgehead atoms. The molecule has 0 amide bonds. The Morgan fingerprint density at radius 3 is 2.79 bits per heavy atom. The molecule has 0 aliphatic carbocycles. The first-order valence-electron chi connectivity index (χ1n) is 4.45. The molecule has 78 valence electrons. The summed E-state index contributed by atoms with van der Waals surface area (Å²) >= 11 is 5.59. The van der Waals surface area contributed by atoms with Crippen molar-refractivity contribution in [1.29, 1.82) is 0 Å². The normalized spacial score (nSPS) is 12.9. The second-order valence-electron chi connectivity index (χ2n) is 3.18. The Balaban J connectivity index is 2.63. The number of hydrogen-bond acceptors (Lipinski definition) is 2. The van der Waals surface area contributed by atoms with E-state index < -0.39 is 11.9 Å². The molecule has 1 aromatic carbocycles. The first-order valence-corrected chi connectivity index (χ1v) is 4.83. The Morgan fingerprint density at radius 2 is 2.21 bits per heavy atom. The van der Waals surface area contributed by atoms with Crippen LogP contribution in [0.5, 0.6) is 0 Å². The summed E-state index contributed by atoms with van der Waals surface area (Å²) in [5.74, 6) is -0.441. The summed E-state index contributed by atoms with van der Waals surface area (Å²) < 4.78 is 12.8. The second kappa shape index (κ2) is 5.29. The van der Waals surface area contributed by atoms with Crippen molar-refractivity contribution in [2.45, 2.75) is 18.9 Å². The zero-order chi connectivity index (χ0) is 10.6. The van der Waals surface area contributed by atoms with Crippen LogP contribution < -0.4 is 5.73 Å². The summed E-state index contributed by atoms with van der Waals surface area (Å²) in [6.45, 7) is 0.441. The van der Waals surface area contributed by atoms with Crippen LogP contribution in [0.4, 0.5) is 4.39 Å². The van der Waals surface area contributed by atoms with Crippen LogP contribution in [-0.2, 0) is 6.42 Å². The second-order valence-corrected chi connectivity index (χ2v) is 3.59. The fourth-order valence-electron chi connectivity index (χ4n) is 1.23. The predicted molar refractivity (Wildman–Crippen MR) is 54.8 cm³/mol. The average molecular weight is 218 g/mol. The van der Waals surface area contributed by atoms with Crippen LogP contribution in [0.15, 0.2) is 18.2 Å². The van der Waals surface area contributed by atoms with Gasteiger partial charge in [0.15, 0.2) is 0 Å². The van der Waals surface area contributed by atoms with Gasteiger partial charge in [0, 0.05) is 0 Å². The van der Waals surface area contributed by atoms with Gasteiger partial charge in [-0.05, 0) is 37.1 Å². The van der Waals surface area contributed by atoms with E-state index in [1.165, 1.54) is 12.1 Å². The highest BCUT2D eigenvalue weighted by Crippen LogP contribution is 2.17. The SMILES string of the molecule is NCCC(O)Cc1ccc(F)c(Cl)c1. The molecule has 0 aliphatic heterocycles. The Kier molecular flexibility index (Phi) is 4.32. The van der Waals surface area contributed by atoms with Gasteiger partial charge in [-0.3, -0.25) is 0 Å². The third kappa shape index (κ3) is 3.25. The van der Waals surface area contributed by atoms with Crippen molar-refractivity contribution >= 4 is 11.6 Å². The van der Waals surface area contributed by atoms with Crippen LogP contribution in [0.3, 0.4) is 0 Å². The third-order valence-corrected chi connectivity index (χ3v) is 2.24. The van der Waals surface area contributed by atoms with E-state index in [4.69, 9.17) is 17.3 Å². The molecule has 0 saturated heterocycles. The molecule has 0 aliphatic rings. The summed E-state index contributed by atoms with van der Waals surface area (Å²) in [4.78, 5) is 0. The zero-order valence-corrected chi connectivity index (χ0v) is 8.47. The minimum Gasteiger partial charge on any atom is -0.393 e. The lowest BCUT2D eigenvalue weighted by Gasteiger charge is -2.09. The Labute approximate surface area is 87.5 Å². The van der Waals surface area contributed by atoms with Crippen molar-refractivity contribution in [2.75, 3.05) is 6.54 Å². The van der Waals surface area contributed by atoms with Crippen molar-refractivity contribution < 1.29 is 9.50 Å². The molecule has 0 radical (unpaired) electrons. The molecule has 1 rings (SSSR count). The zero-order valence-electron chi connectivity index (χ0n) is 7.71. The molecule has 0 saturated carbocycles. The lowest BCUT2D eigenvalue weighted by atomic mass is 10.1. The molecule has 1 atom stereocenters. The summed E-state index contributed by atoms with van der Waals surface area (Å²) in [7, 11) is 0. The molecule has 4 heteroatoms. The quantitative estimate of drug-likeness (QED) is 0.807. The highest BCUT2D eigenvalue weighted by molar-refractivity contribution is 6.30. The van der Waals surface area contributed by atoms with E-state index in [1.807, 2.05) is 0 Å². The van der Waals surface area contributed by atoms with Gasteiger partial charge < -0.3 is 10.8 Å². The molecular weight excluding hydrogens is 205 g/mol. The average Bonchev–Trinajstić information content (AvgIpc) is 2.12. The number of rotatable bonds is 4. The molecule has 1 aromatic rings. The smallest absolute Gasteiger partial charge is 0.141 e. The Hall–Kier alpha value is -0.640. The van der Waals surface area contributed by atoms with E-state index in [0.717, 1.165) is 5.56 Å². The van der Waals surface area contributed by atoms with E-state index in [0.29, 0.717) is 19.4 Å². The number of aliphatic hydroxyl groups excluding tert-OH is 1. The van der Waals surface area contributed by atoms with Crippen LogP contribution in [0.1, 0.15) is 12.0 Å². The molecule has 0 fully saturated rings. The summed E-state index contributed by atoms with van der Waals surface area (Å²) in [6.07, 6.45) is 0.508. The lowest BCUT2D eigenvalue weighted by molar-refractivity contribution is 0.167. The molecular formula is C10H13ClFNO. The third-order valence-electron chi connectivity index (χ3n) is 1.96. The largest absolute Gasteiger partial charge is 0.393 e. The minimum absolute atomic E-state index is 0.0856. The maximum atomic E-state index is 12.8. The van der Waals surface area contributed by atoms with Crippen LogP contribution in [0.2, 0.25) is 5.02 Å². The highest BCUT2D eigenvalue weighted by Gasteiger charge is 2.06. The number of benzene rings is 1.